The van der Waals surface area contributed by atoms with Crippen molar-refractivity contribution in [2.75, 3.05) is 0 Å². The Balaban J connectivity index is 0.000000312. The Labute approximate surface area is 136 Å². The van der Waals surface area contributed by atoms with Crippen molar-refractivity contribution in [2.45, 2.75) is 0 Å². The lowest BCUT2D eigenvalue weighted by Gasteiger charge is -1.88. The SMILES string of the molecule is Ic1ccc([I+]c2ccccc2)cc1.O=S(=O)([O-])O. The average Bonchev–Trinajstić information content (AvgIpc) is 2.31. The molecule has 0 radical (unpaired) electrons. The number of benzene rings is 2. The first-order valence-electron chi connectivity index (χ1n) is 4.98. The van der Waals surface area contributed by atoms with Crippen molar-refractivity contribution in [1.82, 2.24) is 0 Å². The van der Waals surface area contributed by atoms with Gasteiger partial charge in [-0.3, -0.25) is 4.55 Å². The van der Waals surface area contributed by atoms with Crippen LogP contribution in [0.5, 0.6) is 0 Å². The first-order chi connectivity index (χ1) is 8.84. The van der Waals surface area contributed by atoms with Crippen molar-refractivity contribution in [3.05, 3.63) is 65.3 Å². The Morgan fingerprint density at radius 2 is 1.37 bits per heavy atom. The second kappa shape index (κ2) is 8.15. The Kier molecular flexibility index (Phi) is 7.21. The van der Waals surface area contributed by atoms with Crippen molar-refractivity contribution in [3.63, 3.8) is 0 Å². The molecule has 1 N–H and O–H groups in total. The zero-order valence-corrected chi connectivity index (χ0v) is 14.7. The van der Waals surface area contributed by atoms with E-state index in [1.807, 2.05) is 0 Å². The van der Waals surface area contributed by atoms with E-state index in [-0.39, 0.29) is 21.2 Å². The van der Waals surface area contributed by atoms with Gasteiger partial charge in [-0.2, -0.15) is 0 Å². The van der Waals surface area contributed by atoms with Crippen molar-refractivity contribution < 1.29 is 38.7 Å². The molecular formula is C12H10I2O4S. The summed E-state index contributed by atoms with van der Waals surface area (Å²) in [7, 11) is -4.92. The van der Waals surface area contributed by atoms with E-state index < -0.39 is 10.4 Å². The third-order valence-corrected chi connectivity index (χ3v) is 5.16. The number of halogens is 2. The van der Waals surface area contributed by atoms with Crippen LogP contribution in [0.3, 0.4) is 0 Å². The molecule has 102 valence electrons. The Morgan fingerprint density at radius 3 is 1.84 bits per heavy atom. The first kappa shape index (κ1) is 16.8. The Morgan fingerprint density at radius 1 is 0.947 bits per heavy atom. The van der Waals surface area contributed by atoms with Gasteiger partial charge in [0.1, 0.15) is 0 Å². The van der Waals surface area contributed by atoms with Crippen molar-refractivity contribution in [2.24, 2.45) is 0 Å². The molecule has 0 aromatic heterocycles. The summed E-state index contributed by atoms with van der Waals surface area (Å²) in [4.78, 5) is 0. The molecule has 4 nitrogen and oxygen atoms in total. The second-order valence-electron chi connectivity index (χ2n) is 3.25. The zero-order chi connectivity index (χ0) is 14.3. The number of hydrogen-bond donors (Lipinski definition) is 1. The van der Waals surface area contributed by atoms with Crippen LogP contribution in [0.4, 0.5) is 0 Å². The topological polar surface area (TPSA) is 77.4 Å². The summed E-state index contributed by atoms with van der Waals surface area (Å²) in [5.74, 6) is 0. The van der Waals surface area contributed by atoms with Crippen LogP contribution in [0.25, 0.3) is 0 Å². The maximum absolute atomic E-state index is 8.63. The summed E-state index contributed by atoms with van der Waals surface area (Å²) in [5, 5.41) is 0. The molecule has 0 amide bonds. The van der Waals surface area contributed by atoms with E-state index >= 15 is 0 Å². The minimum Gasteiger partial charge on any atom is -0.726 e. The van der Waals surface area contributed by atoms with E-state index in [0.29, 0.717) is 0 Å². The molecule has 0 spiro atoms. The van der Waals surface area contributed by atoms with Crippen LogP contribution in [0, 0.1) is 10.7 Å². The second-order valence-corrected chi connectivity index (χ2v) is 8.39. The largest absolute Gasteiger partial charge is 0.726 e. The normalized spacial score (nSPS) is 10.5. The lowest BCUT2D eigenvalue weighted by Crippen LogP contribution is -3.61. The molecule has 2 aromatic carbocycles. The van der Waals surface area contributed by atoms with Crippen LogP contribution >= 0.6 is 22.6 Å². The minimum absolute atomic E-state index is 0.0126. The van der Waals surface area contributed by atoms with Crippen LogP contribution < -0.4 is 21.2 Å². The van der Waals surface area contributed by atoms with Gasteiger partial charge in [0.2, 0.25) is 10.4 Å². The molecule has 0 saturated heterocycles. The summed E-state index contributed by atoms with van der Waals surface area (Å²) in [6.45, 7) is 0. The maximum atomic E-state index is 8.63. The van der Waals surface area contributed by atoms with Crippen molar-refractivity contribution >= 4 is 33.0 Å². The molecule has 0 aliphatic rings. The van der Waals surface area contributed by atoms with Crippen LogP contribution in [0.15, 0.2) is 54.6 Å². The van der Waals surface area contributed by atoms with E-state index in [1.54, 1.807) is 0 Å². The van der Waals surface area contributed by atoms with Crippen LogP contribution in [-0.4, -0.2) is 17.5 Å². The van der Waals surface area contributed by atoms with Gasteiger partial charge in [-0.25, -0.2) is 8.42 Å². The summed E-state index contributed by atoms with van der Waals surface area (Å²) in [6.07, 6.45) is 0. The van der Waals surface area contributed by atoms with Gasteiger partial charge in [-0.15, -0.1) is 0 Å². The number of hydrogen-bond acceptors (Lipinski definition) is 3. The lowest BCUT2D eigenvalue weighted by molar-refractivity contribution is -0.597. The molecule has 0 atom stereocenters. The molecule has 0 fully saturated rings. The highest BCUT2D eigenvalue weighted by atomic mass is 127. The predicted molar refractivity (Wildman–Crippen MR) is 75.3 cm³/mol. The Hall–Kier alpha value is -0.230. The molecule has 0 heterocycles. The van der Waals surface area contributed by atoms with Gasteiger partial charge in [0.15, 0.2) is 7.14 Å². The van der Waals surface area contributed by atoms with E-state index in [9.17, 15) is 0 Å². The molecular weight excluding hydrogens is 494 g/mol. The summed E-state index contributed by atoms with van der Waals surface area (Å²) in [5.41, 5.74) is 0. The molecule has 19 heavy (non-hydrogen) atoms. The van der Waals surface area contributed by atoms with E-state index in [4.69, 9.17) is 17.5 Å². The molecule has 0 bridgehead atoms. The number of rotatable bonds is 2. The molecule has 7 heteroatoms. The monoisotopic (exact) mass is 504 g/mol. The van der Waals surface area contributed by atoms with Crippen molar-refractivity contribution in [3.8, 4) is 0 Å². The van der Waals surface area contributed by atoms with Gasteiger partial charge < -0.3 is 4.55 Å². The van der Waals surface area contributed by atoms with Gasteiger partial charge in [-0.1, -0.05) is 18.2 Å². The third-order valence-electron chi connectivity index (χ3n) is 1.75. The van der Waals surface area contributed by atoms with Crippen LogP contribution in [0.2, 0.25) is 0 Å². The smallest absolute Gasteiger partial charge is 0.357 e. The predicted octanol–water partition coefficient (Wildman–Crippen LogP) is -0.576. The molecule has 2 aromatic rings. The lowest BCUT2D eigenvalue weighted by atomic mass is 10.4. The highest BCUT2D eigenvalue weighted by Gasteiger charge is 2.13. The minimum atomic E-state index is -4.92. The summed E-state index contributed by atoms with van der Waals surface area (Å²) < 4.78 is 37.1. The van der Waals surface area contributed by atoms with Gasteiger partial charge in [0, 0.05) is 3.57 Å². The van der Waals surface area contributed by atoms with Gasteiger partial charge in [0.25, 0.3) is 0 Å². The highest BCUT2D eigenvalue weighted by Crippen LogP contribution is 2.00. The fraction of sp³-hybridized carbons (Fsp3) is 0. The standard InChI is InChI=1S/C12H9I2.H2O4S/c13-10-6-8-12(9-7-10)14-11-4-2-1-3-5-11;1-5(2,3)4/h1-9H;(H2,1,2,3,4)/q+1;/p-1. The average molecular weight is 504 g/mol. The molecule has 0 unspecified atom stereocenters. The fourth-order valence-corrected chi connectivity index (χ4v) is 3.67. The van der Waals surface area contributed by atoms with Gasteiger partial charge >= 0.3 is 21.2 Å². The van der Waals surface area contributed by atoms with E-state index in [0.717, 1.165) is 0 Å². The quantitative estimate of drug-likeness (QED) is 0.338. The van der Waals surface area contributed by atoms with Crippen LogP contribution in [0.1, 0.15) is 0 Å². The van der Waals surface area contributed by atoms with Crippen LogP contribution in [-0.2, 0) is 10.4 Å². The summed E-state index contributed by atoms with van der Waals surface area (Å²) in [6, 6.07) is 19.6. The molecule has 2 rings (SSSR count). The third kappa shape index (κ3) is 9.32. The molecule has 0 saturated carbocycles. The molecule has 0 aliphatic carbocycles. The molecule has 0 aliphatic heterocycles. The van der Waals surface area contributed by atoms with Crippen molar-refractivity contribution in [1.29, 1.82) is 0 Å². The fourth-order valence-electron chi connectivity index (χ4n) is 1.10. The van der Waals surface area contributed by atoms with E-state index in [1.165, 1.54) is 10.7 Å². The first-order valence-corrected chi connectivity index (χ1v) is 9.58. The van der Waals surface area contributed by atoms with E-state index in [2.05, 4.69) is 77.2 Å². The zero-order valence-electron chi connectivity index (χ0n) is 9.53. The van der Waals surface area contributed by atoms with Gasteiger partial charge in [0.05, 0.1) is 0 Å². The Bertz CT molecular complexity index is 589. The van der Waals surface area contributed by atoms with Gasteiger partial charge in [-0.05, 0) is 59.0 Å². The highest BCUT2D eigenvalue weighted by molar-refractivity contribution is 14.1. The maximum Gasteiger partial charge on any atom is 0.357 e. The summed E-state index contributed by atoms with van der Waals surface area (Å²) >= 11 is 2.35.